The van der Waals surface area contributed by atoms with Crippen molar-refractivity contribution in [2.24, 2.45) is 5.73 Å². The number of carbonyl (C=O) groups is 1. The van der Waals surface area contributed by atoms with Crippen molar-refractivity contribution in [2.45, 2.75) is 54.6 Å². The summed E-state index contributed by atoms with van der Waals surface area (Å²) in [4.78, 5) is 21.9. The second-order valence-corrected chi connectivity index (χ2v) is 11.5. The zero-order valence-electron chi connectivity index (χ0n) is 19.5. The lowest BCUT2D eigenvalue weighted by Crippen LogP contribution is -2.37. The molecule has 1 aliphatic carbocycles. The van der Waals surface area contributed by atoms with E-state index in [4.69, 9.17) is 10.5 Å². The molecule has 1 aromatic heterocycles. The summed E-state index contributed by atoms with van der Waals surface area (Å²) in [6, 6.07) is 3.64. The van der Waals surface area contributed by atoms with Crippen LogP contribution in [0.25, 0.3) is 0 Å². The Balaban J connectivity index is 1.70. The third kappa shape index (κ3) is 4.74. The fourth-order valence-electron chi connectivity index (χ4n) is 4.47. The molecule has 4 rings (SSSR count). The molecule has 2 fully saturated rings. The van der Waals surface area contributed by atoms with Gasteiger partial charge in [0.25, 0.3) is 5.91 Å². The predicted octanol–water partition coefficient (Wildman–Crippen LogP) is 3.11. The van der Waals surface area contributed by atoms with E-state index in [9.17, 15) is 39.6 Å². The van der Waals surface area contributed by atoms with Gasteiger partial charge in [-0.2, -0.15) is 26.3 Å². The molecule has 2 aromatic rings. The summed E-state index contributed by atoms with van der Waals surface area (Å²) >= 11 is 0. The Morgan fingerprint density at radius 3 is 2.46 bits per heavy atom. The van der Waals surface area contributed by atoms with E-state index in [0.29, 0.717) is 6.07 Å². The van der Waals surface area contributed by atoms with Crippen molar-refractivity contribution < 1.29 is 44.3 Å². The third-order valence-electron chi connectivity index (χ3n) is 6.73. The van der Waals surface area contributed by atoms with Gasteiger partial charge in [-0.1, -0.05) is 6.92 Å². The number of ether oxygens (including phenoxy) is 1. The van der Waals surface area contributed by atoms with Crippen LogP contribution in [0.3, 0.4) is 0 Å². The van der Waals surface area contributed by atoms with Gasteiger partial charge in [-0.15, -0.1) is 0 Å². The number of carbonyl (C=O) groups excluding carboxylic acids is 1. The molecule has 0 radical (unpaired) electrons. The lowest BCUT2D eigenvalue weighted by Gasteiger charge is -2.24. The van der Waals surface area contributed by atoms with Gasteiger partial charge < -0.3 is 15.4 Å². The van der Waals surface area contributed by atoms with E-state index in [0.717, 1.165) is 36.2 Å². The highest BCUT2D eigenvalue weighted by atomic mass is 32.2. The number of rotatable bonds is 6. The van der Waals surface area contributed by atoms with Crippen LogP contribution in [0.4, 0.5) is 26.3 Å². The zero-order valence-corrected chi connectivity index (χ0v) is 20.3. The Bertz CT molecular complexity index is 1350. The summed E-state index contributed by atoms with van der Waals surface area (Å²) < 4.78 is 109. The molecule has 2 aliphatic rings. The minimum Gasteiger partial charge on any atom is -0.480 e. The van der Waals surface area contributed by atoms with E-state index in [1.165, 1.54) is 6.92 Å². The molecular formula is C22H22F6N4O4S. The molecule has 2 heterocycles. The van der Waals surface area contributed by atoms with Crippen molar-refractivity contribution in [3.8, 4) is 5.75 Å². The van der Waals surface area contributed by atoms with Crippen molar-refractivity contribution in [3.05, 3.63) is 47.5 Å². The number of hydrogen-bond acceptors (Lipinski definition) is 7. The first-order valence-electron chi connectivity index (χ1n) is 11.0. The normalized spacial score (nSPS) is 24.5. The number of nitrogens with two attached hydrogens (primary N) is 1. The number of nitrogens with zero attached hydrogens (tertiary/aromatic N) is 3. The summed E-state index contributed by atoms with van der Waals surface area (Å²) in [6.45, 7) is 1.70. The quantitative estimate of drug-likeness (QED) is 0.548. The number of piperidine rings is 1. The van der Waals surface area contributed by atoms with Crippen molar-refractivity contribution in [1.29, 1.82) is 0 Å². The molecule has 1 saturated carbocycles. The number of sulfone groups is 1. The van der Waals surface area contributed by atoms with Crippen molar-refractivity contribution in [1.82, 2.24) is 14.9 Å². The maximum absolute atomic E-state index is 13.5. The van der Waals surface area contributed by atoms with Crippen LogP contribution in [-0.2, 0) is 21.4 Å². The number of hydrogen-bond donors (Lipinski definition) is 1. The van der Waals surface area contributed by atoms with Gasteiger partial charge in [0.2, 0.25) is 0 Å². The van der Waals surface area contributed by atoms with Crippen LogP contribution in [0.1, 0.15) is 42.1 Å². The van der Waals surface area contributed by atoms with E-state index in [2.05, 4.69) is 9.97 Å². The van der Waals surface area contributed by atoms with Gasteiger partial charge in [0, 0.05) is 24.8 Å². The molecule has 0 spiro atoms. The number of amides is 1. The lowest BCUT2D eigenvalue weighted by atomic mass is 10.0. The standard InChI is InChI=1S/C22H22F6N4O4S/c1-3-37(34,35)13-4-5-15(36-12(2)21(23,24)25)14(8-13)17(33)32-10-19(9-20(19,29)11-32)18-30-7-6-16(31-18)22(26,27)28/h4-8,12H,3,9-11,29H2,1-2H3/t12-,19?,20?/m0/s1. The molecule has 2 N–H and O–H groups in total. The van der Waals surface area contributed by atoms with Crippen LogP contribution < -0.4 is 10.5 Å². The molecule has 2 unspecified atom stereocenters. The number of aromatic nitrogens is 2. The van der Waals surface area contributed by atoms with Crippen LogP contribution in [0.15, 0.2) is 35.4 Å². The van der Waals surface area contributed by atoms with Crippen LogP contribution >= 0.6 is 0 Å². The first-order chi connectivity index (χ1) is 16.9. The number of fused-ring (bicyclic) bond motifs is 1. The van der Waals surface area contributed by atoms with Gasteiger partial charge in [-0.05, 0) is 37.6 Å². The average molecular weight is 552 g/mol. The van der Waals surface area contributed by atoms with Gasteiger partial charge in [-0.25, -0.2) is 18.4 Å². The molecule has 1 aliphatic heterocycles. The van der Waals surface area contributed by atoms with Crippen molar-refractivity contribution >= 4 is 15.7 Å². The maximum atomic E-state index is 13.5. The highest BCUT2D eigenvalue weighted by molar-refractivity contribution is 7.91. The number of alkyl halides is 6. The fourth-order valence-corrected chi connectivity index (χ4v) is 5.37. The molecule has 8 nitrogen and oxygen atoms in total. The average Bonchev–Trinajstić information content (AvgIpc) is 3.29. The van der Waals surface area contributed by atoms with Gasteiger partial charge in [-0.3, -0.25) is 4.79 Å². The van der Waals surface area contributed by atoms with Crippen molar-refractivity contribution in [3.63, 3.8) is 0 Å². The monoisotopic (exact) mass is 552 g/mol. The van der Waals surface area contributed by atoms with E-state index < -0.39 is 62.2 Å². The Morgan fingerprint density at radius 2 is 1.86 bits per heavy atom. The van der Waals surface area contributed by atoms with E-state index in [1.54, 1.807) is 0 Å². The molecule has 37 heavy (non-hydrogen) atoms. The highest BCUT2D eigenvalue weighted by Gasteiger charge is 2.73. The molecule has 202 valence electrons. The fraction of sp³-hybridized carbons (Fsp3) is 0.500. The molecular weight excluding hydrogens is 530 g/mol. The molecule has 0 bridgehead atoms. The molecule has 15 heteroatoms. The summed E-state index contributed by atoms with van der Waals surface area (Å²) in [5.74, 6) is -1.92. The number of likely N-dealkylation sites (tertiary alicyclic amines) is 1. The third-order valence-corrected chi connectivity index (χ3v) is 8.46. The SMILES string of the molecule is CCS(=O)(=O)c1ccc(O[C@@H](C)C(F)(F)F)c(C(=O)N2CC3(N)CC3(c3nccc(C(F)(F)F)n3)C2)c1. The molecule has 1 aromatic carbocycles. The van der Waals surface area contributed by atoms with Crippen LogP contribution in [0, 0.1) is 0 Å². The smallest absolute Gasteiger partial charge is 0.433 e. The van der Waals surface area contributed by atoms with Gasteiger partial charge in [0.1, 0.15) is 17.3 Å². The summed E-state index contributed by atoms with van der Waals surface area (Å²) in [5.41, 5.74) is 2.36. The lowest BCUT2D eigenvalue weighted by molar-refractivity contribution is -0.189. The first kappa shape index (κ1) is 27.1. The Labute approximate surface area is 207 Å². The second-order valence-electron chi connectivity index (χ2n) is 9.20. The topological polar surface area (TPSA) is 115 Å². The van der Waals surface area contributed by atoms with Crippen LogP contribution in [0.2, 0.25) is 0 Å². The largest absolute Gasteiger partial charge is 0.480 e. The minimum atomic E-state index is -4.77. The number of benzene rings is 1. The summed E-state index contributed by atoms with van der Waals surface area (Å²) in [6.07, 6.45) is -10.7. The molecule has 1 amide bonds. The van der Waals surface area contributed by atoms with Crippen LogP contribution in [-0.4, -0.2) is 65.9 Å². The van der Waals surface area contributed by atoms with Crippen LogP contribution in [0.5, 0.6) is 5.75 Å². The minimum absolute atomic E-state index is 0.162. The predicted molar refractivity (Wildman–Crippen MR) is 116 cm³/mol. The Hall–Kier alpha value is -2.94. The van der Waals surface area contributed by atoms with Gasteiger partial charge >= 0.3 is 12.4 Å². The summed E-state index contributed by atoms with van der Waals surface area (Å²) in [5, 5.41) is 0. The van der Waals surface area contributed by atoms with Crippen molar-refractivity contribution in [2.75, 3.05) is 18.8 Å². The van der Waals surface area contributed by atoms with E-state index in [-0.39, 0.29) is 36.0 Å². The van der Waals surface area contributed by atoms with E-state index in [1.807, 2.05) is 0 Å². The zero-order chi connectivity index (χ0) is 27.6. The second kappa shape index (κ2) is 8.55. The maximum Gasteiger partial charge on any atom is 0.433 e. The molecule has 1 saturated heterocycles. The Kier molecular flexibility index (Phi) is 6.26. The molecule has 3 atom stereocenters. The van der Waals surface area contributed by atoms with Gasteiger partial charge in [0.15, 0.2) is 15.9 Å². The number of halogens is 6. The highest BCUT2D eigenvalue weighted by Crippen LogP contribution is 2.60. The first-order valence-corrected chi connectivity index (χ1v) is 12.7. The van der Waals surface area contributed by atoms with Gasteiger partial charge in [0.05, 0.1) is 21.6 Å². The summed E-state index contributed by atoms with van der Waals surface area (Å²) in [7, 11) is -3.84. The Morgan fingerprint density at radius 1 is 1.19 bits per heavy atom. The van der Waals surface area contributed by atoms with E-state index >= 15 is 0 Å².